The van der Waals surface area contributed by atoms with Gasteiger partial charge >= 0.3 is 0 Å². The van der Waals surface area contributed by atoms with Crippen LogP contribution in [0.15, 0.2) is 11.1 Å². The van der Waals surface area contributed by atoms with Gasteiger partial charge in [-0.15, -0.1) is 11.8 Å². The predicted molar refractivity (Wildman–Crippen MR) is 50.8 cm³/mol. The number of carbonyl (C=O) groups excluding carboxylic acids is 1. The first-order valence-electron chi connectivity index (χ1n) is 3.74. The van der Waals surface area contributed by atoms with Crippen LogP contribution in [0.4, 0.5) is 5.82 Å². The number of thioether (sulfide) groups is 1. The zero-order valence-electron chi connectivity index (χ0n) is 7.23. The van der Waals surface area contributed by atoms with Crippen LogP contribution in [0.3, 0.4) is 0 Å². The Bertz CT molecular complexity index is 287. The van der Waals surface area contributed by atoms with E-state index >= 15 is 0 Å². The van der Waals surface area contributed by atoms with Crippen molar-refractivity contribution in [3.63, 3.8) is 0 Å². The maximum atomic E-state index is 10.3. The van der Waals surface area contributed by atoms with Crippen molar-refractivity contribution in [2.75, 3.05) is 18.2 Å². The molecule has 0 fully saturated rings. The summed E-state index contributed by atoms with van der Waals surface area (Å²) >= 11 is 1.50. The topological polar surface area (TPSA) is 67.2 Å². The molecule has 0 aliphatic heterocycles. The highest BCUT2D eigenvalue weighted by molar-refractivity contribution is 7.98. The second-order valence-corrected chi connectivity index (χ2v) is 3.12. The van der Waals surface area contributed by atoms with Gasteiger partial charge in [-0.25, -0.2) is 4.68 Å². The summed E-state index contributed by atoms with van der Waals surface area (Å²) in [6.45, 7) is 0.389. The fourth-order valence-corrected chi connectivity index (χ4v) is 1.49. The van der Waals surface area contributed by atoms with Crippen molar-refractivity contribution in [1.82, 2.24) is 9.78 Å². The van der Waals surface area contributed by atoms with Gasteiger partial charge in [0.2, 0.25) is 6.41 Å². The summed E-state index contributed by atoms with van der Waals surface area (Å²) in [5.41, 5.74) is 0. The molecule has 0 radical (unpaired) electrons. The third-order valence-corrected chi connectivity index (χ3v) is 2.27. The van der Waals surface area contributed by atoms with Crippen molar-refractivity contribution in [1.29, 1.82) is 0 Å². The van der Waals surface area contributed by atoms with Crippen LogP contribution < -0.4 is 5.32 Å². The average Bonchev–Trinajstić information content (AvgIpc) is 2.50. The van der Waals surface area contributed by atoms with Gasteiger partial charge in [-0.3, -0.25) is 4.79 Å². The number of anilines is 1. The predicted octanol–water partition coefficient (Wildman–Crippen LogP) is 0.166. The van der Waals surface area contributed by atoms with Gasteiger partial charge in [-0.2, -0.15) is 5.10 Å². The molecule has 0 aromatic carbocycles. The number of rotatable bonds is 5. The Morgan fingerprint density at radius 2 is 2.62 bits per heavy atom. The second kappa shape index (κ2) is 4.88. The lowest BCUT2D eigenvalue weighted by atomic mass is 10.6. The van der Waals surface area contributed by atoms with Crippen molar-refractivity contribution >= 4 is 24.0 Å². The van der Waals surface area contributed by atoms with Crippen LogP contribution in [-0.2, 0) is 11.3 Å². The van der Waals surface area contributed by atoms with Gasteiger partial charge in [0.15, 0.2) is 0 Å². The Kier molecular flexibility index (Phi) is 3.78. The number of hydrogen-bond acceptors (Lipinski definition) is 4. The summed E-state index contributed by atoms with van der Waals surface area (Å²) in [6, 6.07) is 0. The van der Waals surface area contributed by atoms with E-state index in [1.807, 2.05) is 6.26 Å². The van der Waals surface area contributed by atoms with Crippen LogP contribution in [0.2, 0.25) is 0 Å². The monoisotopic (exact) mass is 201 g/mol. The lowest BCUT2D eigenvalue weighted by molar-refractivity contribution is -0.105. The molecule has 0 spiro atoms. The molecule has 0 aliphatic carbocycles. The second-order valence-electron chi connectivity index (χ2n) is 2.27. The van der Waals surface area contributed by atoms with Crippen LogP contribution in [0.1, 0.15) is 0 Å². The Balaban J connectivity index is 2.91. The molecule has 5 nitrogen and oxygen atoms in total. The molecule has 0 saturated heterocycles. The van der Waals surface area contributed by atoms with Crippen molar-refractivity contribution in [3.8, 4) is 0 Å². The molecule has 1 rings (SSSR count). The van der Waals surface area contributed by atoms with Crippen LogP contribution in [0, 0.1) is 0 Å². The van der Waals surface area contributed by atoms with E-state index in [-0.39, 0.29) is 6.61 Å². The molecular formula is C7H11N3O2S. The molecule has 0 aliphatic rings. The van der Waals surface area contributed by atoms with Gasteiger partial charge in [0.05, 0.1) is 24.2 Å². The molecule has 1 heterocycles. The molecule has 6 heteroatoms. The minimum atomic E-state index is 0.00301. The van der Waals surface area contributed by atoms with E-state index < -0.39 is 0 Å². The first kappa shape index (κ1) is 10.1. The average molecular weight is 201 g/mol. The molecule has 1 aromatic rings. The number of hydrogen-bond donors (Lipinski definition) is 2. The summed E-state index contributed by atoms with van der Waals surface area (Å²) in [5.74, 6) is 0.636. The first-order valence-corrected chi connectivity index (χ1v) is 4.96. The van der Waals surface area contributed by atoms with Gasteiger partial charge in [-0.05, 0) is 6.26 Å². The quantitative estimate of drug-likeness (QED) is 0.526. The zero-order chi connectivity index (χ0) is 9.68. The molecule has 0 bridgehead atoms. The number of aromatic nitrogens is 2. The molecule has 13 heavy (non-hydrogen) atoms. The number of nitrogens with zero attached hydrogens (tertiary/aromatic N) is 2. The highest BCUT2D eigenvalue weighted by Crippen LogP contribution is 2.23. The van der Waals surface area contributed by atoms with Gasteiger partial charge in [-0.1, -0.05) is 0 Å². The number of aliphatic hydroxyl groups excluding tert-OH is 1. The van der Waals surface area contributed by atoms with E-state index in [2.05, 4.69) is 10.4 Å². The molecule has 1 amide bonds. The van der Waals surface area contributed by atoms with Crippen molar-refractivity contribution in [3.05, 3.63) is 6.20 Å². The molecule has 1 aromatic heterocycles. The summed E-state index contributed by atoms with van der Waals surface area (Å²) < 4.78 is 1.56. The Morgan fingerprint density at radius 3 is 3.15 bits per heavy atom. The van der Waals surface area contributed by atoms with E-state index in [1.165, 1.54) is 11.8 Å². The highest BCUT2D eigenvalue weighted by atomic mass is 32.2. The molecule has 72 valence electrons. The Hall–Kier alpha value is -1.01. The highest BCUT2D eigenvalue weighted by Gasteiger charge is 2.08. The van der Waals surface area contributed by atoms with Crippen molar-refractivity contribution in [2.45, 2.75) is 11.4 Å². The van der Waals surface area contributed by atoms with E-state index in [1.54, 1.807) is 10.9 Å². The largest absolute Gasteiger partial charge is 0.394 e. The molecule has 2 N–H and O–H groups in total. The van der Waals surface area contributed by atoms with Crippen LogP contribution in [-0.4, -0.2) is 34.2 Å². The summed E-state index contributed by atoms with van der Waals surface area (Å²) in [7, 11) is 0. The fraction of sp³-hybridized carbons (Fsp3) is 0.429. The number of nitrogens with one attached hydrogen (secondary N) is 1. The first-order chi connectivity index (χ1) is 6.33. The SMILES string of the molecule is CSc1cnn(CCO)c1NC=O. The zero-order valence-corrected chi connectivity index (χ0v) is 8.04. The third-order valence-electron chi connectivity index (χ3n) is 1.53. The van der Waals surface area contributed by atoms with Gasteiger partial charge in [0.25, 0.3) is 0 Å². The van der Waals surface area contributed by atoms with Gasteiger partial charge in [0.1, 0.15) is 5.82 Å². The van der Waals surface area contributed by atoms with E-state index in [9.17, 15) is 4.79 Å². The number of carbonyl (C=O) groups is 1. The lowest BCUT2D eigenvalue weighted by Gasteiger charge is -2.04. The Morgan fingerprint density at radius 1 is 1.85 bits per heavy atom. The minimum Gasteiger partial charge on any atom is -0.394 e. The molecular weight excluding hydrogens is 190 g/mol. The van der Waals surface area contributed by atoms with Gasteiger partial charge in [0, 0.05) is 0 Å². The minimum absolute atomic E-state index is 0.00301. The van der Waals surface area contributed by atoms with E-state index in [4.69, 9.17) is 5.11 Å². The van der Waals surface area contributed by atoms with Gasteiger partial charge < -0.3 is 10.4 Å². The van der Waals surface area contributed by atoms with Crippen LogP contribution in [0.5, 0.6) is 0 Å². The Labute approximate surface area is 80.1 Å². The smallest absolute Gasteiger partial charge is 0.212 e. The van der Waals surface area contributed by atoms with Crippen molar-refractivity contribution < 1.29 is 9.90 Å². The molecule has 0 unspecified atom stereocenters. The number of aliphatic hydroxyl groups is 1. The maximum absolute atomic E-state index is 10.3. The normalized spacial score (nSPS) is 10.0. The molecule has 0 saturated carbocycles. The van der Waals surface area contributed by atoms with E-state index in [0.717, 1.165) is 4.90 Å². The molecule has 0 atom stereocenters. The summed E-state index contributed by atoms with van der Waals surface area (Å²) in [5, 5.41) is 15.3. The summed E-state index contributed by atoms with van der Waals surface area (Å²) in [4.78, 5) is 11.2. The third kappa shape index (κ3) is 2.22. The van der Waals surface area contributed by atoms with E-state index in [0.29, 0.717) is 18.8 Å². The van der Waals surface area contributed by atoms with Crippen LogP contribution in [0.25, 0.3) is 0 Å². The lowest BCUT2D eigenvalue weighted by Crippen LogP contribution is -2.09. The van der Waals surface area contributed by atoms with Crippen molar-refractivity contribution in [2.24, 2.45) is 0 Å². The fourth-order valence-electron chi connectivity index (χ4n) is 0.983. The van der Waals surface area contributed by atoms with Crippen LogP contribution >= 0.6 is 11.8 Å². The summed E-state index contributed by atoms with van der Waals surface area (Å²) in [6.07, 6.45) is 4.16. The number of amides is 1. The standard InChI is InChI=1S/C7H11N3O2S/c1-13-6-4-9-10(2-3-11)7(6)8-5-12/h4-5,11H,2-3H2,1H3,(H,8,12). The maximum Gasteiger partial charge on any atom is 0.212 e.